The molecule has 0 spiro atoms. The number of alkyl halides is 1. The summed E-state index contributed by atoms with van der Waals surface area (Å²) in [5.74, 6) is 0.278. The highest BCUT2D eigenvalue weighted by atomic mass is 35.5. The Morgan fingerprint density at radius 1 is 1.43 bits per heavy atom. The number of rotatable bonds is 2. The fourth-order valence-corrected chi connectivity index (χ4v) is 1.96. The molecule has 0 fully saturated rings. The van der Waals surface area contributed by atoms with E-state index in [1.54, 1.807) is 6.07 Å². The largest absolute Gasteiger partial charge is 0.298 e. The Balaban J connectivity index is 2.78. The van der Waals surface area contributed by atoms with E-state index in [4.69, 9.17) is 11.6 Å². The maximum Gasteiger partial charge on any atom is 0.298 e. The average molecular weight is 230 g/mol. The number of nitro groups is 1. The summed E-state index contributed by atoms with van der Waals surface area (Å²) < 4.78 is 7.85. The van der Waals surface area contributed by atoms with Gasteiger partial charge in [0.25, 0.3) is 5.69 Å². The number of aromatic nitrogens is 2. The van der Waals surface area contributed by atoms with Gasteiger partial charge < -0.3 is 0 Å². The summed E-state index contributed by atoms with van der Waals surface area (Å²) in [5, 5.41) is 10.6. The average Bonchev–Trinajstić information content (AvgIpc) is 2.64. The van der Waals surface area contributed by atoms with Crippen LogP contribution in [0.1, 0.15) is 5.56 Å². The van der Waals surface area contributed by atoms with Crippen LogP contribution in [-0.2, 0) is 5.88 Å². The molecule has 0 radical (unpaired) electrons. The van der Waals surface area contributed by atoms with Gasteiger partial charge in [-0.1, -0.05) is 0 Å². The van der Waals surface area contributed by atoms with Gasteiger partial charge in [-0.3, -0.25) is 10.1 Å². The van der Waals surface area contributed by atoms with Crippen LogP contribution < -0.4 is 0 Å². The summed E-state index contributed by atoms with van der Waals surface area (Å²) in [6.07, 6.45) is 0. The van der Waals surface area contributed by atoms with Crippen LogP contribution in [0.4, 0.5) is 5.69 Å². The molecule has 2 aromatic rings. The first-order valence-corrected chi connectivity index (χ1v) is 4.95. The van der Waals surface area contributed by atoms with E-state index in [-0.39, 0.29) is 11.6 Å². The summed E-state index contributed by atoms with van der Waals surface area (Å²) in [4.78, 5) is 10.2. The second-order valence-corrected chi connectivity index (χ2v) is 3.39. The normalized spacial score (nSPS) is 10.6. The molecule has 0 bridgehead atoms. The van der Waals surface area contributed by atoms with Gasteiger partial charge in [-0.25, -0.2) is 0 Å². The Morgan fingerprint density at radius 2 is 2.14 bits per heavy atom. The van der Waals surface area contributed by atoms with Crippen molar-refractivity contribution in [1.29, 1.82) is 0 Å². The fourth-order valence-electron chi connectivity index (χ4n) is 1.16. The molecule has 1 aromatic carbocycles. The fraction of sp³-hybridized carbons (Fsp3) is 0.143. The first kappa shape index (κ1) is 9.29. The number of non-ortho nitro benzene ring substituents is 1. The highest BCUT2D eigenvalue weighted by Gasteiger charge is 2.17. The minimum Gasteiger partial charge on any atom is -0.258 e. The first-order chi connectivity index (χ1) is 6.74. The third kappa shape index (κ3) is 1.32. The smallest absolute Gasteiger partial charge is 0.258 e. The molecule has 0 atom stereocenters. The molecule has 2 rings (SSSR count). The van der Waals surface area contributed by atoms with E-state index in [9.17, 15) is 10.1 Å². The summed E-state index contributed by atoms with van der Waals surface area (Å²) in [7, 11) is 0. The standard InChI is InChI=1S/C7H4ClN3O2S/c8-3-4-1-2-5(11(12)13)7-6(4)9-14-10-7/h1-2H,3H2. The van der Waals surface area contributed by atoms with Crippen molar-refractivity contribution in [3.8, 4) is 0 Å². The molecule has 7 heteroatoms. The van der Waals surface area contributed by atoms with Gasteiger partial charge in [0.05, 0.1) is 16.7 Å². The van der Waals surface area contributed by atoms with Gasteiger partial charge in [0.15, 0.2) is 5.52 Å². The van der Waals surface area contributed by atoms with Crippen molar-refractivity contribution in [3.05, 3.63) is 27.8 Å². The van der Waals surface area contributed by atoms with Crippen LogP contribution in [-0.4, -0.2) is 13.7 Å². The van der Waals surface area contributed by atoms with Crippen LogP contribution in [0.25, 0.3) is 11.0 Å². The van der Waals surface area contributed by atoms with Gasteiger partial charge in [-0.05, 0) is 11.6 Å². The third-order valence-corrected chi connectivity index (χ3v) is 2.63. The molecule has 1 heterocycles. The Labute approximate surface area is 87.8 Å². The maximum absolute atomic E-state index is 10.6. The predicted molar refractivity (Wildman–Crippen MR) is 53.6 cm³/mol. The molecule has 0 aliphatic heterocycles. The quantitative estimate of drug-likeness (QED) is 0.450. The molecular formula is C7H4ClN3O2S. The number of halogens is 1. The zero-order valence-electron chi connectivity index (χ0n) is 6.81. The maximum atomic E-state index is 10.6. The van der Waals surface area contributed by atoms with Gasteiger partial charge in [-0.15, -0.1) is 11.6 Å². The van der Waals surface area contributed by atoms with Crippen LogP contribution in [0.2, 0.25) is 0 Å². The van der Waals surface area contributed by atoms with E-state index in [1.807, 2.05) is 0 Å². The lowest BCUT2D eigenvalue weighted by Crippen LogP contribution is -1.91. The molecule has 0 amide bonds. The van der Waals surface area contributed by atoms with Gasteiger partial charge in [0, 0.05) is 11.9 Å². The first-order valence-electron chi connectivity index (χ1n) is 3.68. The lowest BCUT2D eigenvalue weighted by Gasteiger charge is -1.96. The van der Waals surface area contributed by atoms with Gasteiger partial charge >= 0.3 is 0 Å². The molecule has 0 unspecified atom stereocenters. The lowest BCUT2D eigenvalue weighted by atomic mass is 10.2. The minimum absolute atomic E-state index is 0.0254. The van der Waals surface area contributed by atoms with Crippen molar-refractivity contribution in [3.63, 3.8) is 0 Å². The number of benzene rings is 1. The molecular weight excluding hydrogens is 226 g/mol. The Bertz CT molecular complexity index is 499. The Hall–Kier alpha value is -1.27. The SMILES string of the molecule is O=[N+]([O-])c1ccc(CCl)c2nsnc12. The topological polar surface area (TPSA) is 68.9 Å². The summed E-state index contributed by atoms with van der Waals surface area (Å²) in [6.45, 7) is 0. The molecule has 0 aliphatic rings. The van der Waals surface area contributed by atoms with Gasteiger partial charge in [-0.2, -0.15) is 8.75 Å². The number of nitrogens with zero attached hydrogens (tertiary/aromatic N) is 3. The molecule has 5 nitrogen and oxygen atoms in total. The van der Waals surface area contributed by atoms with E-state index < -0.39 is 4.92 Å². The molecule has 0 saturated carbocycles. The highest BCUT2D eigenvalue weighted by Crippen LogP contribution is 2.27. The molecule has 0 saturated heterocycles. The van der Waals surface area contributed by atoms with Crippen LogP contribution >= 0.6 is 23.3 Å². The molecule has 0 aliphatic carbocycles. The van der Waals surface area contributed by atoms with Gasteiger partial charge in [0.1, 0.15) is 5.52 Å². The zero-order valence-corrected chi connectivity index (χ0v) is 8.38. The lowest BCUT2D eigenvalue weighted by molar-refractivity contribution is -0.383. The van der Waals surface area contributed by atoms with Crippen molar-refractivity contribution in [2.24, 2.45) is 0 Å². The van der Waals surface area contributed by atoms with Crippen molar-refractivity contribution < 1.29 is 4.92 Å². The van der Waals surface area contributed by atoms with Gasteiger partial charge in [0.2, 0.25) is 0 Å². The van der Waals surface area contributed by atoms with E-state index in [0.717, 1.165) is 17.3 Å². The van der Waals surface area contributed by atoms with Crippen LogP contribution in [0.5, 0.6) is 0 Å². The summed E-state index contributed by atoms with van der Waals surface area (Å²) in [5.41, 5.74) is 1.58. The van der Waals surface area contributed by atoms with E-state index in [1.165, 1.54) is 6.07 Å². The van der Waals surface area contributed by atoms with Crippen molar-refractivity contribution in [2.45, 2.75) is 5.88 Å². The summed E-state index contributed by atoms with van der Waals surface area (Å²) >= 11 is 6.61. The molecule has 1 aromatic heterocycles. The minimum atomic E-state index is -0.470. The second kappa shape index (κ2) is 3.47. The van der Waals surface area contributed by atoms with E-state index in [0.29, 0.717) is 11.0 Å². The number of fused-ring (bicyclic) bond motifs is 1. The molecule has 72 valence electrons. The molecule has 0 N–H and O–H groups in total. The zero-order chi connectivity index (χ0) is 10.1. The van der Waals surface area contributed by atoms with Crippen molar-refractivity contribution >= 4 is 40.0 Å². The van der Waals surface area contributed by atoms with Crippen LogP contribution in [0.15, 0.2) is 12.1 Å². The number of hydrogen-bond acceptors (Lipinski definition) is 5. The number of nitro benzene ring substituents is 1. The van der Waals surface area contributed by atoms with E-state index >= 15 is 0 Å². The van der Waals surface area contributed by atoms with Crippen molar-refractivity contribution in [1.82, 2.24) is 8.75 Å². The Morgan fingerprint density at radius 3 is 2.79 bits per heavy atom. The van der Waals surface area contributed by atoms with Crippen LogP contribution in [0.3, 0.4) is 0 Å². The summed E-state index contributed by atoms with van der Waals surface area (Å²) in [6, 6.07) is 3.01. The van der Waals surface area contributed by atoms with Crippen molar-refractivity contribution in [2.75, 3.05) is 0 Å². The van der Waals surface area contributed by atoms with Crippen LogP contribution in [0, 0.1) is 10.1 Å². The second-order valence-electron chi connectivity index (χ2n) is 2.60. The monoisotopic (exact) mass is 229 g/mol. The predicted octanol–water partition coefficient (Wildman–Crippen LogP) is 2.34. The van der Waals surface area contributed by atoms with E-state index in [2.05, 4.69) is 8.75 Å². The Kier molecular flexibility index (Phi) is 2.30. The number of hydrogen-bond donors (Lipinski definition) is 0. The molecule has 14 heavy (non-hydrogen) atoms. The third-order valence-electron chi connectivity index (χ3n) is 1.82. The highest BCUT2D eigenvalue weighted by molar-refractivity contribution is 7.00.